The summed E-state index contributed by atoms with van der Waals surface area (Å²) in [5.41, 5.74) is 12.1. The van der Waals surface area contributed by atoms with Gasteiger partial charge in [0.2, 0.25) is 0 Å². The van der Waals surface area contributed by atoms with Crippen molar-refractivity contribution in [1.29, 1.82) is 0 Å². The number of primary amides is 1. The minimum absolute atomic E-state index is 0.124. The van der Waals surface area contributed by atoms with E-state index in [1.54, 1.807) is 0 Å². The molecule has 0 bridgehead atoms. The molecule has 1 aliphatic rings. The number of carbonyl (C=O) groups excluding carboxylic acids is 1. The Morgan fingerprint density at radius 3 is 2.11 bits per heavy atom. The Morgan fingerprint density at radius 2 is 1.58 bits per heavy atom. The molecule has 0 atom stereocenters. The summed E-state index contributed by atoms with van der Waals surface area (Å²) in [4.78, 5) is 15.8. The second kappa shape index (κ2) is 4.74. The molecule has 0 heterocycles. The van der Waals surface area contributed by atoms with E-state index in [-0.39, 0.29) is 5.92 Å². The first-order valence-corrected chi connectivity index (χ1v) is 6.13. The van der Waals surface area contributed by atoms with Gasteiger partial charge in [-0.05, 0) is 22.3 Å². The number of hydroxylamine groups is 1. The Labute approximate surface area is 111 Å². The second-order valence-corrected chi connectivity index (χ2v) is 4.50. The fourth-order valence-corrected chi connectivity index (χ4v) is 2.64. The van der Waals surface area contributed by atoms with Crippen molar-refractivity contribution < 1.29 is 9.63 Å². The average Bonchev–Trinajstić information content (AvgIpc) is 2.74. The highest BCUT2D eigenvalue weighted by Crippen LogP contribution is 2.44. The van der Waals surface area contributed by atoms with Crippen LogP contribution in [-0.4, -0.2) is 12.6 Å². The Balaban J connectivity index is 1.93. The normalized spacial score (nSPS) is 12.8. The third-order valence-corrected chi connectivity index (χ3v) is 3.39. The number of rotatable bonds is 3. The molecule has 0 spiro atoms. The van der Waals surface area contributed by atoms with Crippen molar-refractivity contribution in [3.05, 3.63) is 59.7 Å². The highest BCUT2D eigenvalue weighted by atomic mass is 16.7. The summed E-state index contributed by atoms with van der Waals surface area (Å²) >= 11 is 0. The summed E-state index contributed by atoms with van der Waals surface area (Å²) < 4.78 is 0. The van der Waals surface area contributed by atoms with Crippen LogP contribution in [0, 0.1) is 0 Å². The molecular formula is C15H14N2O2. The Hall–Kier alpha value is -2.33. The maximum absolute atomic E-state index is 10.7. The molecule has 0 aromatic heterocycles. The summed E-state index contributed by atoms with van der Waals surface area (Å²) in [7, 11) is 0. The summed E-state index contributed by atoms with van der Waals surface area (Å²) in [6, 6.07) is 15.8. The number of nitrogens with two attached hydrogens (primary N) is 1. The van der Waals surface area contributed by atoms with E-state index in [1.165, 1.54) is 22.3 Å². The van der Waals surface area contributed by atoms with Crippen LogP contribution in [0.3, 0.4) is 0 Å². The van der Waals surface area contributed by atoms with Gasteiger partial charge in [0.25, 0.3) is 0 Å². The van der Waals surface area contributed by atoms with E-state index in [0.717, 1.165) is 0 Å². The fourth-order valence-electron chi connectivity index (χ4n) is 2.64. The van der Waals surface area contributed by atoms with E-state index in [1.807, 2.05) is 24.3 Å². The zero-order valence-corrected chi connectivity index (χ0v) is 10.3. The van der Waals surface area contributed by atoms with Gasteiger partial charge in [0.15, 0.2) is 0 Å². The van der Waals surface area contributed by atoms with E-state index >= 15 is 0 Å². The summed E-state index contributed by atoms with van der Waals surface area (Å²) in [6.45, 7) is 0.372. The van der Waals surface area contributed by atoms with Gasteiger partial charge >= 0.3 is 6.03 Å². The number of carbonyl (C=O) groups is 1. The van der Waals surface area contributed by atoms with Gasteiger partial charge in [-0.25, -0.2) is 10.3 Å². The molecular weight excluding hydrogens is 240 g/mol. The van der Waals surface area contributed by atoms with Gasteiger partial charge in [-0.15, -0.1) is 0 Å². The molecule has 2 aromatic carbocycles. The highest BCUT2D eigenvalue weighted by Gasteiger charge is 2.28. The third-order valence-electron chi connectivity index (χ3n) is 3.39. The largest absolute Gasteiger partial charge is 0.350 e. The summed E-state index contributed by atoms with van der Waals surface area (Å²) in [5, 5.41) is 0. The molecule has 3 N–H and O–H groups in total. The van der Waals surface area contributed by atoms with E-state index in [2.05, 4.69) is 29.7 Å². The highest BCUT2D eigenvalue weighted by molar-refractivity contribution is 5.78. The molecule has 0 fully saturated rings. The van der Waals surface area contributed by atoms with Gasteiger partial charge in [0.05, 0.1) is 6.61 Å². The molecule has 0 saturated heterocycles. The summed E-state index contributed by atoms with van der Waals surface area (Å²) in [6.07, 6.45) is 0. The molecule has 4 heteroatoms. The lowest BCUT2D eigenvalue weighted by Crippen LogP contribution is -2.30. The van der Waals surface area contributed by atoms with Crippen molar-refractivity contribution in [2.75, 3.05) is 6.61 Å². The first kappa shape index (κ1) is 11.7. The molecule has 3 rings (SSSR count). The van der Waals surface area contributed by atoms with Crippen LogP contribution in [0.1, 0.15) is 17.0 Å². The van der Waals surface area contributed by atoms with Crippen LogP contribution < -0.4 is 11.2 Å². The molecule has 2 aromatic rings. The molecule has 0 radical (unpaired) electrons. The molecule has 0 saturated carbocycles. The molecule has 4 nitrogen and oxygen atoms in total. The van der Waals surface area contributed by atoms with Gasteiger partial charge in [-0.2, -0.15) is 0 Å². The standard InChI is InChI=1S/C15H14N2O2/c16-15(18)17-19-9-14-12-7-3-1-5-10(12)11-6-2-4-8-13(11)14/h1-8,14H,9H2,(H3,16,17,18). The lowest BCUT2D eigenvalue weighted by atomic mass is 9.98. The summed E-state index contributed by atoms with van der Waals surface area (Å²) in [5.74, 6) is 0.124. The zero-order valence-electron chi connectivity index (χ0n) is 10.3. The maximum atomic E-state index is 10.7. The van der Waals surface area contributed by atoms with Gasteiger partial charge < -0.3 is 5.73 Å². The van der Waals surface area contributed by atoms with E-state index in [4.69, 9.17) is 10.6 Å². The first-order valence-electron chi connectivity index (χ1n) is 6.13. The Kier molecular flexibility index (Phi) is 2.93. The lowest BCUT2D eigenvalue weighted by Gasteiger charge is -2.13. The molecule has 19 heavy (non-hydrogen) atoms. The van der Waals surface area contributed by atoms with Crippen molar-refractivity contribution in [3.8, 4) is 11.1 Å². The van der Waals surface area contributed by atoms with Crippen LogP contribution in [0.25, 0.3) is 11.1 Å². The first-order chi connectivity index (χ1) is 9.27. The van der Waals surface area contributed by atoms with Crippen molar-refractivity contribution in [1.82, 2.24) is 5.48 Å². The van der Waals surface area contributed by atoms with Crippen molar-refractivity contribution in [2.45, 2.75) is 5.92 Å². The van der Waals surface area contributed by atoms with Gasteiger partial charge in [0.1, 0.15) is 0 Å². The van der Waals surface area contributed by atoms with Gasteiger partial charge in [-0.1, -0.05) is 48.5 Å². The van der Waals surface area contributed by atoms with Crippen molar-refractivity contribution >= 4 is 6.03 Å². The van der Waals surface area contributed by atoms with Crippen LogP contribution in [0.15, 0.2) is 48.5 Å². The molecule has 2 amide bonds. The number of benzene rings is 2. The fraction of sp³-hybridized carbons (Fsp3) is 0.133. The molecule has 1 aliphatic carbocycles. The van der Waals surface area contributed by atoms with E-state index in [0.29, 0.717) is 6.61 Å². The number of nitrogens with one attached hydrogen (secondary N) is 1. The Bertz CT molecular complexity index is 580. The number of hydrogen-bond acceptors (Lipinski definition) is 2. The molecule has 0 aliphatic heterocycles. The number of urea groups is 1. The van der Waals surface area contributed by atoms with Crippen LogP contribution in [0.4, 0.5) is 4.79 Å². The smallest absolute Gasteiger partial charge is 0.336 e. The number of hydrogen-bond donors (Lipinski definition) is 2. The van der Waals surface area contributed by atoms with E-state index < -0.39 is 6.03 Å². The molecule has 96 valence electrons. The van der Waals surface area contributed by atoms with Crippen LogP contribution >= 0.6 is 0 Å². The Morgan fingerprint density at radius 1 is 1.05 bits per heavy atom. The van der Waals surface area contributed by atoms with Crippen LogP contribution in [0.2, 0.25) is 0 Å². The van der Waals surface area contributed by atoms with Crippen LogP contribution in [-0.2, 0) is 4.84 Å². The minimum Gasteiger partial charge on any atom is -0.350 e. The molecule has 0 unspecified atom stereocenters. The second-order valence-electron chi connectivity index (χ2n) is 4.50. The quantitative estimate of drug-likeness (QED) is 0.826. The van der Waals surface area contributed by atoms with Gasteiger partial charge in [0, 0.05) is 5.92 Å². The number of amides is 2. The van der Waals surface area contributed by atoms with Crippen molar-refractivity contribution in [3.63, 3.8) is 0 Å². The predicted octanol–water partition coefficient (Wildman–Crippen LogP) is 2.40. The third kappa shape index (κ3) is 2.06. The maximum Gasteiger partial charge on any atom is 0.336 e. The van der Waals surface area contributed by atoms with Crippen molar-refractivity contribution in [2.24, 2.45) is 5.73 Å². The topological polar surface area (TPSA) is 64.4 Å². The average molecular weight is 254 g/mol. The van der Waals surface area contributed by atoms with Crippen LogP contribution in [0.5, 0.6) is 0 Å². The van der Waals surface area contributed by atoms with E-state index in [9.17, 15) is 4.79 Å². The predicted molar refractivity (Wildman–Crippen MR) is 72.4 cm³/mol. The zero-order chi connectivity index (χ0) is 13.2. The number of fused-ring (bicyclic) bond motifs is 3. The SMILES string of the molecule is NC(=O)NOCC1c2ccccc2-c2ccccc21. The lowest BCUT2D eigenvalue weighted by molar-refractivity contribution is 0.0600. The monoisotopic (exact) mass is 254 g/mol. The van der Waals surface area contributed by atoms with Gasteiger partial charge in [-0.3, -0.25) is 4.84 Å². The minimum atomic E-state index is -0.681.